The fourth-order valence-corrected chi connectivity index (χ4v) is 2.15. The van der Waals surface area contributed by atoms with Crippen LogP contribution in [0.1, 0.15) is 35.9 Å². The molecule has 2 aromatic rings. The van der Waals surface area contributed by atoms with Crippen molar-refractivity contribution in [1.82, 2.24) is 4.57 Å². The van der Waals surface area contributed by atoms with Gasteiger partial charge in [-0.15, -0.1) is 0 Å². The highest BCUT2D eigenvalue weighted by molar-refractivity contribution is 6.30. The number of ether oxygens (including phenoxy) is 1. The molecule has 0 unspecified atom stereocenters. The van der Waals surface area contributed by atoms with Gasteiger partial charge in [0.1, 0.15) is 18.1 Å². The Morgan fingerprint density at radius 1 is 1.43 bits per heavy atom. The van der Waals surface area contributed by atoms with Crippen molar-refractivity contribution >= 4 is 23.3 Å². The second-order valence-corrected chi connectivity index (χ2v) is 5.39. The summed E-state index contributed by atoms with van der Waals surface area (Å²) in [6.07, 6.45) is 1.69. The molecular formula is C15H16ClFN2O2. The molecule has 0 amide bonds. The average molecular weight is 311 g/mol. The lowest BCUT2D eigenvalue weighted by Gasteiger charge is -2.12. The summed E-state index contributed by atoms with van der Waals surface area (Å²) in [5.74, 6) is -0.992. The van der Waals surface area contributed by atoms with E-state index in [1.54, 1.807) is 16.8 Å². The molecule has 2 rings (SSSR count). The maximum absolute atomic E-state index is 13.1. The van der Waals surface area contributed by atoms with E-state index in [0.717, 1.165) is 0 Å². The molecule has 4 nitrogen and oxygen atoms in total. The molecule has 0 fully saturated rings. The Labute approximate surface area is 127 Å². The van der Waals surface area contributed by atoms with E-state index >= 15 is 0 Å². The summed E-state index contributed by atoms with van der Waals surface area (Å²) in [7, 11) is 0. The van der Waals surface area contributed by atoms with Gasteiger partial charge in [-0.1, -0.05) is 17.7 Å². The summed E-state index contributed by atoms with van der Waals surface area (Å²) < 4.78 is 20.0. The fraction of sp³-hybridized carbons (Fsp3) is 0.267. The Kier molecular flexibility index (Phi) is 4.53. The molecule has 0 spiro atoms. The zero-order chi connectivity index (χ0) is 15.6. The minimum atomic E-state index is -0.506. The third kappa shape index (κ3) is 3.55. The second kappa shape index (κ2) is 6.18. The number of esters is 1. The summed E-state index contributed by atoms with van der Waals surface area (Å²) in [5, 5.41) is -0.00153. The number of rotatable bonds is 4. The summed E-state index contributed by atoms with van der Waals surface area (Å²) in [6.45, 7) is 3.90. The number of halogens is 2. The number of anilines is 1. The maximum Gasteiger partial charge on any atom is 0.355 e. The predicted octanol–water partition coefficient (Wildman–Crippen LogP) is 3.80. The van der Waals surface area contributed by atoms with Gasteiger partial charge in [0.2, 0.25) is 0 Å². The van der Waals surface area contributed by atoms with Crippen molar-refractivity contribution in [2.24, 2.45) is 0 Å². The number of carbonyl (C=O) groups excluding carboxylic acids is 1. The van der Waals surface area contributed by atoms with Crippen LogP contribution in [0.3, 0.4) is 0 Å². The van der Waals surface area contributed by atoms with Gasteiger partial charge in [-0.05, 0) is 37.6 Å². The molecule has 21 heavy (non-hydrogen) atoms. The molecule has 1 heterocycles. The smallest absolute Gasteiger partial charge is 0.355 e. The van der Waals surface area contributed by atoms with Crippen LogP contribution in [-0.2, 0) is 11.3 Å². The highest BCUT2D eigenvalue weighted by Crippen LogP contribution is 2.19. The number of hydrogen-bond acceptors (Lipinski definition) is 3. The lowest BCUT2D eigenvalue weighted by atomic mass is 10.2. The summed E-state index contributed by atoms with van der Waals surface area (Å²) in [4.78, 5) is 12.1. The normalized spacial score (nSPS) is 10.9. The van der Waals surface area contributed by atoms with Gasteiger partial charge < -0.3 is 15.0 Å². The van der Waals surface area contributed by atoms with Crippen LogP contribution in [0.25, 0.3) is 0 Å². The van der Waals surface area contributed by atoms with E-state index in [1.807, 2.05) is 13.8 Å². The van der Waals surface area contributed by atoms with Crippen LogP contribution in [0.5, 0.6) is 0 Å². The number of nitrogen functional groups attached to an aromatic ring is 1. The molecule has 0 aliphatic carbocycles. The first-order valence-corrected chi connectivity index (χ1v) is 6.84. The first-order valence-electron chi connectivity index (χ1n) is 6.47. The quantitative estimate of drug-likeness (QED) is 0.874. The van der Waals surface area contributed by atoms with Crippen molar-refractivity contribution < 1.29 is 13.9 Å². The molecular weight excluding hydrogens is 295 g/mol. The van der Waals surface area contributed by atoms with Gasteiger partial charge >= 0.3 is 5.97 Å². The molecule has 0 aliphatic rings. The minimum absolute atomic E-state index is 0.00153. The monoisotopic (exact) mass is 310 g/mol. The topological polar surface area (TPSA) is 57.2 Å². The number of aromatic nitrogens is 1. The Bertz CT molecular complexity index is 668. The lowest BCUT2D eigenvalue weighted by molar-refractivity contribution is 0.0458. The molecule has 0 bridgehead atoms. The number of nitrogens with two attached hydrogens (primary N) is 1. The molecule has 0 radical (unpaired) electrons. The molecule has 0 saturated heterocycles. The van der Waals surface area contributed by atoms with Crippen LogP contribution in [0, 0.1) is 5.82 Å². The second-order valence-electron chi connectivity index (χ2n) is 4.98. The zero-order valence-electron chi connectivity index (χ0n) is 11.8. The van der Waals surface area contributed by atoms with Crippen LogP contribution < -0.4 is 5.73 Å². The van der Waals surface area contributed by atoms with Gasteiger partial charge in [0.05, 0.1) is 10.7 Å². The Balaban J connectivity index is 2.10. The number of carbonyl (C=O) groups is 1. The van der Waals surface area contributed by atoms with Crippen molar-refractivity contribution in [1.29, 1.82) is 0 Å². The Hall–Kier alpha value is -2.01. The lowest BCUT2D eigenvalue weighted by Crippen LogP contribution is -2.13. The summed E-state index contributed by atoms with van der Waals surface area (Å²) in [5.41, 5.74) is 7.21. The van der Waals surface area contributed by atoms with E-state index in [4.69, 9.17) is 22.1 Å². The minimum Gasteiger partial charge on any atom is -0.456 e. The van der Waals surface area contributed by atoms with Crippen LogP contribution in [0.15, 0.2) is 30.5 Å². The Morgan fingerprint density at radius 3 is 2.76 bits per heavy atom. The molecule has 112 valence electrons. The van der Waals surface area contributed by atoms with E-state index in [1.165, 1.54) is 18.2 Å². The molecule has 2 N–H and O–H groups in total. The number of benzene rings is 1. The van der Waals surface area contributed by atoms with E-state index in [9.17, 15) is 9.18 Å². The Morgan fingerprint density at radius 2 is 2.14 bits per heavy atom. The highest BCUT2D eigenvalue weighted by atomic mass is 35.5. The van der Waals surface area contributed by atoms with E-state index in [-0.39, 0.29) is 17.7 Å². The molecule has 0 atom stereocenters. The van der Waals surface area contributed by atoms with Gasteiger partial charge in [0, 0.05) is 12.2 Å². The van der Waals surface area contributed by atoms with Gasteiger partial charge in [0.25, 0.3) is 0 Å². The zero-order valence-corrected chi connectivity index (χ0v) is 12.5. The molecule has 1 aromatic heterocycles. The van der Waals surface area contributed by atoms with Crippen LogP contribution in [0.4, 0.5) is 10.1 Å². The van der Waals surface area contributed by atoms with Crippen LogP contribution >= 0.6 is 11.6 Å². The van der Waals surface area contributed by atoms with Crippen LogP contribution in [-0.4, -0.2) is 10.5 Å². The van der Waals surface area contributed by atoms with Crippen LogP contribution in [0.2, 0.25) is 5.02 Å². The van der Waals surface area contributed by atoms with E-state index < -0.39 is 11.8 Å². The standard InChI is InChI=1S/C15H16ClFN2O2/c1-9(2)19-7-11(18)6-14(19)15(20)21-8-10-3-4-13(17)12(16)5-10/h3-7,9H,8,18H2,1-2H3. The summed E-state index contributed by atoms with van der Waals surface area (Å²) in [6, 6.07) is 5.84. The SMILES string of the molecule is CC(C)n1cc(N)cc1C(=O)OCc1ccc(F)c(Cl)c1. The largest absolute Gasteiger partial charge is 0.456 e. The molecule has 6 heteroatoms. The molecule has 1 aromatic carbocycles. The predicted molar refractivity (Wildman–Crippen MR) is 79.8 cm³/mol. The first-order chi connectivity index (χ1) is 9.88. The average Bonchev–Trinajstić information content (AvgIpc) is 2.82. The summed E-state index contributed by atoms with van der Waals surface area (Å²) >= 11 is 5.68. The van der Waals surface area contributed by atoms with Gasteiger partial charge in [-0.2, -0.15) is 0 Å². The third-order valence-corrected chi connectivity index (χ3v) is 3.28. The number of hydrogen-bond donors (Lipinski definition) is 1. The first kappa shape index (κ1) is 15.4. The van der Waals surface area contributed by atoms with Crippen molar-refractivity contribution in [2.45, 2.75) is 26.5 Å². The molecule has 0 aliphatic heterocycles. The highest BCUT2D eigenvalue weighted by Gasteiger charge is 2.16. The van der Waals surface area contributed by atoms with Crippen molar-refractivity contribution in [3.8, 4) is 0 Å². The van der Waals surface area contributed by atoms with E-state index in [0.29, 0.717) is 16.9 Å². The van der Waals surface area contributed by atoms with E-state index in [2.05, 4.69) is 0 Å². The van der Waals surface area contributed by atoms with Gasteiger partial charge in [0.15, 0.2) is 0 Å². The fourth-order valence-electron chi connectivity index (χ4n) is 1.94. The number of nitrogens with zero attached hydrogens (tertiary/aromatic N) is 1. The van der Waals surface area contributed by atoms with Crippen molar-refractivity contribution in [3.05, 3.63) is 52.6 Å². The van der Waals surface area contributed by atoms with Gasteiger partial charge in [-0.25, -0.2) is 9.18 Å². The van der Waals surface area contributed by atoms with Gasteiger partial charge in [-0.3, -0.25) is 0 Å². The maximum atomic E-state index is 13.1. The van der Waals surface area contributed by atoms with Crippen molar-refractivity contribution in [2.75, 3.05) is 5.73 Å². The molecule has 0 saturated carbocycles. The van der Waals surface area contributed by atoms with Crippen molar-refractivity contribution in [3.63, 3.8) is 0 Å². The third-order valence-electron chi connectivity index (χ3n) is 2.99.